The van der Waals surface area contributed by atoms with Gasteiger partial charge in [0, 0.05) is 18.9 Å². The highest BCUT2D eigenvalue weighted by atomic mass is 16.5. The lowest BCUT2D eigenvalue weighted by Crippen LogP contribution is -2.06. The second-order valence-corrected chi connectivity index (χ2v) is 4.40. The fourth-order valence-corrected chi connectivity index (χ4v) is 1.57. The predicted octanol–water partition coefficient (Wildman–Crippen LogP) is 2.92. The van der Waals surface area contributed by atoms with Crippen molar-refractivity contribution >= 4 is 0 Å². The summed E-state index contributed by atoms with van der Waals surface area (Å²) in [6, 6.07) is 2.06. The van der Waals surface area contributed by atoms with E-state index in [2.05, 4.69) is 22.9 Å². The average molecular weight is 234 g/mol. The van der Waals surface area contributed by atoms with Crippen molar-refractivity contribution in [3.63, 3.8) is 0 Å². The molecule has 0 amide bonds. The van der Waals surface area contributed by atoms with Crippen molar-refractivity contribution in [2.24, 2.45) is 0 Å². The lowest BCUT2D eigenvalue weighted by molar-refractivity contribution is 0.241. The number of pyridine rings is 1. The van der Waals surface area contributed by atoms with Gasteiger partial charge >= 0.3 is 0 Å². The molecule has 0 radical (unpaired) electrons. The van der Waals surface area contributed by atoms with Gasteiger partial charge in [0.2, 0.25) is 0 Å². The minimum absolute atomic E-state index is 0.191. The molecule has 1 aromatic rings. The van der Waals surface area contributed by atoms with E-state index in [1.54, 1.807) is 6.20 Å². The number of allylic oxidation sites excluding steroid dienone is 1. The minimum atomic E-state index is 0.191. The third-order valence-electron chi connectivity index (χ3n) is 2.44. The summed E-state index contributed by atoms with van der Waals surface area (Å²) in [7, 11) is 1.90. The third kappa shape index (κ3) is 5.38. The second kappa shape index (κ2) is 6.94. The van der Waals surface area contributed by atoms with Gasteiger partial charge in [0.05, 0.1) is 12.3 Å². The van der Waals surface area contributed by atoms with Crippen LogP contribution in [0.1, 0.15) is 32.3 Å². The van der Waals surface area contributed by atoms with Crippen LogP contribution in [0.4, 0.5) is 0 Å². The van der Waals surface area contributed by atoms with Crippen molar-refractivity contribution < 1.29 is 4.74 Å². The van der Waals surface area contributed by atoms with E-state index >= 15 is 0 Å². The van der Waals surface area contributed by atoms with Gasteiger partial charge in [-0.2, -0.15) is 0 Å². The molecule has 1 N–H and O–H groups in total. The topological polar surface area (TPSA) is 34.1 Å². The van der Waals surface area contributed by atoms with E-state index < -0.39 is 0 Å². The number of ether oxygens (including phenoxy) is 1. The zero-order valence-electron chi connectivity index (χ0n) is 11.0. The van der Waals surface area contributed by atoms with E-state index in [-0.39, 0.29) is 6.10 Å². The second-order valence-electron chi connectivity index (χ2n) is 4.40. The molecule has 1 heterocycles. The molecule has 0 unspecified atom stereocenters. The summed E-state index contributed by atoms with van der Waals surface area (Å²) in [4.78, 5) is 4.19. The van der Waals surface area contributed by atoms with Crippen LogP contribution in [0.15, 0.2) is 30.7 Å². The number of nitrogens with zero attached hydrogens (tertiary/aromatic N) is 1. The van der Waals surface area contributed by atoms with Gasteiger partial charge in [-0.15, -0.1) is 0 Å². The van der Waals surface area contributed by atoms with E-state index in [4.69, 9.17) is 4.74 Å². The van der Waals surface area contributed by atoms with Gasteiger partial charge in [-0.25, -0.2) is 0 Å². The minimum Gasteiger partial charge on any atom is -0.489 e. The van der Waals surface area contributed by atoms with Crippen LogP contribution < -0.4 is 10.1 Å². The maximum absolute atomic E-state index is 5.61. The number of hydrogen-bond donors (Lipinski definition) is 1. The smallest absolute Gasteiger partial charge is 0.138 e. The molecule has 0 fully saturated rings. The molecule has 0 saturated heterocycles. The normalized spacial score (nSPS) is 10.4. The third-order valence-corrected chi connectivity index (χ3v) is 2.44. The van der Waals surface area contributed by atoms with E-state index in [0.29, 0.717) is 0 Å². The van der Waals surface area contributed by atoms with Crippen LogP contribution >= 0.6 is 0 Å². The molecular weight excluding hydrogens is 212 g/mol. The summed E-state index contributed by atoms with van der Waals surface area (Å²) >= 11 is 0. The summed E-state index contributed by atoms with van der Waals surface area (Å²) in [5.41, 5.74) is 2.29. The first-order valence-electron chi connectivity index (χ1n) is 6.08. The number of aryl methyl sites for hydroxylation is 1. The van der Waals surface area contributed by atoms with Crippen LogP contribution in [0.3, 0.4) is 0 Å². The van der Waals surface area contributed by atoms with E-state index in [1.807, 2.05) is 27.1 Å². The molecule has 0 aliphatic heterocycles. The summed E-state index contributed by atoms with van der Waals surface area (Å²) in [6.07, 6.45) is 6.92. The fourth-order valence-electron chi connectivity index (χ4n) is 1.57. The molecule has 3 nitrogen and oxygen atoms in total. The van der Waals surface area contributed by atoms with Crippen molar-refractivity contribution in [3.8, 4) is 5.75 Å². The summed E-state index contributed by atoms with van der Waals surface area (Å²) in [6.45, 7) is 7.94. The Hall–Kier alpha value is -1.51. The maximum atomic E-state index is 5.61. The highest BCUT2D eigenvalue weighted by molar-refractivity contribution is 5.23. The molecule has 0 atom stereocenters. The van der Waals surface area contributed by atoms with Gasteiger partial charge in [-0.05, 0) is 44.7 Å². The van der Waals surface area contributed by atoms with E-state index in [1.165, 1.54) is 5.56 Å². The van der Waals surface area contributed by atoms with Crippen LogP contribution in [0.25, 0.3) is 0 Å². The van der Waals surface area contributed by atoms with Crippen molar-refractivity contribution in [2.45, 2.75) is 39.2 Å². The van der Waals surface area contributed by atoms with Crippen LogP contribution in [0, 0.1) is 0 Å². The quantitative estimate of drug-likeness (QED) is 0.787. The zero-order valence-corrected chi connectivity index (χ0v) is 11.0. The molecule has 1 rings (SSSR count). The number of rotatable bonds is 7. The Labute approximate surface area is 104 Å². The first-order chi connectivity index (χ1) is 8.11. The summed E-state index contributed by atoms with van der Waals surface area (Å²) in [5.74, 6) is 0.852. The Morgan fingerprint density at radius 1 is 1.47 bits per heavy atom. The van der Waals surface area contributed by atoms with Gasteiger partial charge < -0.3 is 10.1 Å². The van der Waals surface area contributed by atoms with Crippen molar-refractivity contribution in [2.75, 3.05) is 7.05 Å². The van der Waals surface area contributed by atoms with Crippen LogP contribution in [-0.4, -0.2) is 18.1 Å². The molecule has 0 aromatic carbocycles. The zero-order chi connectivity index (χ0) is 12.7. The molecule has 17 heavy (non-hydrogen) atoms. The Morgan fingerprint density at radius 2 is 2.24 bits per heavy atom. The van der Waals surface area contributed by atoms with Gasteiger partial charge in [0.25, 0.3) is 0 Å². The monoisotopic (exact) mass is 234 g/mol. The van der Waals surface area contributed by atoms with Gasteiger partial charge in [0.1, 0.15) is 5.75 Å². The lowest BCUT2D eigenvalue weighted by Gasteiger charge is -2.10. The van der Waals surface area contributed by atoms with Crippen LogP contribution in [-0.2, 0) is 6.42 Å². The molecule has 0 spiro atoms. The standard InChI is InChI=1S/C14H22N2O/c1-11(2)17-14-8-13(9-16-10-14)7-5-6-12(3)15-4/h8-11,15H,3,5-7H2,1-2,4H3. The number of aromatic nitrogens is 1. The van der Waals surface area contributed by atoms with Crippen molar-refractivity contribution in [1.82, 2.24) is 10.3 Å². The molecule has 0 saturated carbocycles. The van der Waals surface area contributed by atoms with Crippen molar-refractivity contribution in [1.29, 1.82) is 0 Å². The maximum Gasteiger partial charge on any atom is 0.138 e. The molecule has 0 aliphatic rings. The Kier molecular flexibility index (Phi) is 5.53. The number of hydrogen-bond acceptors (Lipinski definition) is 3. The Balaban J connectivity index is 2.45. The van der Waals surface area contributed by atoms with Crippen LogP contribution in [0.2, 0.25) is 0 Å². The first-order valence-corrected chi connectivity index (χ1v) is 6.08. The molecule has 1 aromatic heterocycles. The largest absolute Gasteiger partial charge is 0.489 e. The first kappa shape index (κ1) is 13.6. The molecule has 94 valence electrons. The lowest BCUT2D eigenvalue weighted by atomic mass is 10.1. The Morgan fingerprint density at radius 3 is 2.88 bits per heavy atom. The van der Waals surface area contributed by atoms with Gasteiger partial charge in [-0.1, -0.05) is 6.58 Å². The van der Waals surface area contributed by atoms with Gasteiger partial charge in [-0.3, -0.25) is 4.98 Å². The molecule has 0 aliphatic carbocycles. The highest BCUT2D eigenvalue weighted by Crippen LogP contribution is 2.15. The average Bonchev–Trinajstić information content (AvgIpc) is 2.28. The van der Waals surface area contributed by atoms with E-state index in [0.717, 1.165) is 30.7 Å². The Bertz CT molecular complexity index is 361. The van der Waals surface area contributed by atoms with Crippen LogP contribution in [0.5, 0.6) is 5.75 Å². The molecule has 0 bridgehead atoms. The van der Waals surface area contributed by atoms with Gasteiger partial charge in [0.15, 0.2) is 0 Å². The van der Waals surface area contributed by atoms with E-state index in [9.17, 15) is 0 Å². The predicted molar refractivity (Wildman–Crippen MR) is 71.1 cm³/mol. The van der Waals surface area contributed by atoms with Crippen molar-refractivity contribution in [3.05, 3.63) is 36.3 Å². The highest BCUT2D eigenvalue weighted by Gasteiger charge is 2.01. The molecule has 3 heteroatoms. The number of nitrogens with one attached hydrogen (secondary N) is 1. The summed E-state index contributed by atoms with van der Waals surface area (Å²) < 4.78 is 5.61. The summed E-state index contributed by atoms with van der Waals surface area (Å²) in [5, 5.41) is 3.05. The fraction of sp³-hybridized carbons (Fsp3) is 0.500. The molecular formula is C14H22N2O. The SMILES string of the molecule is C=C(CCCc1cncc(OC(C)C)c1)NC.